The number of carbonyl (C=O) groups excluding carboxylic acids is 1. The Morgan fingerprint density at radius 1 is 1.39 bits per heavy atom. The first kappa shape index (κ1) is 12.8. The van der Waals surface area contributed by atoms with E-state index in [0.717, 1.165) is 17.7 Å². The molecule has 0 aliphatic rings. The fourth-order valence-corrected chi connectivity index (χ4v) is 2.14. The van der Waals surface area contributed by atoms with Gasteiger partial charge in [0.25, 0.3) is 0 Å². The molecule has 0 radical (unpaired) electrons. The van der Waals surface area contributed by atoms with E-state index in [1.54, 1.807) is 16.9 Å². The minimum absolute atomic E-state index is 0.0630. The number of benzene rings is 1. The lowest BCUT2D eigenvalue weighted by Crippen LogP contribution is -2.05. The topological polar surface area (TPSA) is 34.9 Å². The highest BCUT2D eigenvalue weighted by atomic mass is 35.5. The maximum Gasteiger partial charge on any atom is 0.170 e. The molecule has 0 saturated carbocycles. The van der Waals surface area contributed by atoms with Gasteiger partial charge in [0.05, 0.1) is 11.3 Å². The van der Waals surface area contributed by atoms with E-state index < -0.39 is 0 Å². The Kier molecular flexibility index (Phi) is 3.82. The van der Waals surface area contributed by atoms with Gasteiger partial charge in [-0.3, -0.25) is 9.48 Å². The molecule has 94 valence electrons. The van der Waals surface area contributed by atoms with Crippen LogP contribution >= 0.6 is 11.6 Å². The molecule has 0 unspecified atom stereocenters. The summed E-state index contributed by atoms with van der Waals surface area (Å²) in [5, 5.41) is 4.91. The van der Waals surface area contributed by atoms with Crippen LogP contribution in [0.3, 0.4) is 0 Å². The van der Waals surface area contributed by atoms with Gasteiger partial charge in [-0.25, -0.2) is 0 Å². The zero-order valence-electron chi connectivity index (χ0n) is 10.5. The number of nitrogens with zero attached hydrogens (tertiary/aromatic N) is 2. The Bertz CT molecular complexity index is 575. The van der Waals surface area contributed by atoms with E-state index in [-0.39, 0.29) is 5.78 Å². The van der Waals surface area contributed by atoms with Gasteiger partial charge in [-0.05, 0) is 18.1 Å². The summed E-state index contributed by atoms with van der Waals surface area (Å²) in [5.74, 6) is 0.0630. The van der Waals surface area contributed by atoms with Gasteiger partial charge in [-0.15, -0.1) is 0 Å². The fourth-order valence-electron chi connectivity index (χ4n) is 1.94. The summed E-state index contributed by atoms with van der Waals surface area (Å²) in [7, 11) is 1.82. The highest BCUT2D eigenvalue weighted by Crippen LogP contribution is 2.18. The van der Waals surface area contributed by atoms with Gasteiger partial charge in [0, 0.05) is 24.7 Å². The first-order valence-corrected chi connectivity index (χ1v) is 6.28. The van der Waals surface area contributed by atoms with Gasteiger partial charge in [0.15, 0.2) is 5.78 Å². The van der Waals surface area contributed by atoms with Crippen LogP contribution in [-0.2, 0) is 19.9 Å². The Morgan fingerprint density at radius 3 is 2.78 bits per heavy atom. The van der Waals surface area contributed by atoms with Gasteiger partial charge in [0.2, 0.25) is 0 Å². The van der Waals surface area contributed by atoms with Crippen LogP contribution in [-0.4, -0.2) is 15.6 Å². The number of hydrogen-bond donors (Lipinski definition) is 0. The lowest BCUT2D eigenvalue weighted by molar-refractivity contribution is 0.0992. The molecule has 1 aromatic carbocycles. The molecule has 1 aromatic heterocycles. The summed E-state index contributed by atoms with van der Waals surface area (Å²) in [6.07, 6.45) is 2.85. The first-order chi connectivity index (χ1) is 8.61. The quantitative estimate of drug-likeness (QED) is 0.794. The first-order valence-electron chi connectivity index (χ1n) is 5.91. The molecule has 0 N–H and O–H groups in total. The number of carbonyl (C=O) groups is 1. The number of halogens is 1. The molecular formula is C14H15ClN2O. The van der Waals surface area contributed by atoms with Crippen LogP contribution < -0.4 is 0 Å². The molecule has 0 fully saturated rings. The smallest absolute Gasteiger partial charge is 0.170 e. The van der Waals surface area contributed by atoms with E-state index in [4.69, 9.17) is 11.6 Å². The molecule has 3 nitrogen and oxygen atoms in total. The molecule has 2 aromatic rings. The SMILES string of the molecule is CCc1nn(C)cc1C(=O)Cc1ccccc1Cl. The lowest BCUT2D eigenvalue weighted by Gasteiger charge is -2.03. The maximum absolute atomic E-state index is 12.2. The predicted molar refractivity (Wildman–Crippen MR) is 72.1 cm³/mol. The summed E-state index contributed by atoms with van der Waals surface area (Å²) < 4.78 is 1.68. The number of Topliss-reactive ketones (excluding diaryl/α,β-unsaturated/α-hetero) is 1. The third kappa shape index (κ3) is 2.62. The average molecular weight is 263 g/mol. The zero-order chi connectivity index (χ0) is 13.1. The second kappa shape index (κ2) is 5.36. The normalized spacial score (nSPS) is 10.6. The largest absolute Gasteiger partial charge is 0.294 e. The van der Waals surface area contributed by atoms with E-state index in [9.17, 15) is 4.79 Å². The molecule has 4 heteroatoms. The highest BCUT2D eigenvalue weighted by molar-refractivity contribution is 6.31. The van der Waals surface area contributed by atoms with Crippen LogP contribution in [0.4, 0.5) is 0 Å². The third-order valence-corrected chi connectivity index (χ3v) is 3.22. The molecule has 18 heavy (non-hydrogen) atoms. The molecule has 1 heterocycles. The Hall–Kier alpha value is -1.61. The highest BCUT2D eigenvalue weighted by Gasteiger charge is 2.15. The van der Waals surface area contributed by atoms with Gasteiger partial charge >= 0.3 is 0 Å². The van der Waals surface area contributed by atoms with Crippen molar-refractivity contribution in [3.8, 4) is 0 Å². The van der Waals surface area contributed by atoms with E-state index in [1.807, 2.05) is 32.2 Å². The minimum atomic E-state index is 0.0630. The van der Waals surface area contributed by atoms with Crippen molar-refractivity contribution in [1.82, 2.24) is 9.78 Å². The van der Waals surface area contributed by atoms with E-state index in [1.165, 1.54) is 0 Å². The van der Waals surface area contributed by atoms with Crippen LogP contribution in [0.5, 0.6) is 0 Å². The van der Waals surface area contributed by atoms with Crippen molar-refractivity contribution in [2.24, 2.45) is 7.05 Å². The molecule has 0 aliphatic carbocycles. The van der Waals surface area contributed by atoms with E-state index in [0.29, 0.717) is 17.0 Å². The van der Waals surface area contributed by atoms with Crippen molar-refractivity contribution in [3.63, 3.8) is 0 Å². The molecule has 0 bridgehead atoms. The van der Waals surface area contributed by atoms with Crippen LogP contribution in [0.15, 0.2) is 30.5 Å². The number of aromatic nitrogens is 2. The maximum atomic E-state index is 12.2. The van der Waals surface area contributed by atoms with Crippen molar-refractivity contribution in [2.75, 3.05) is 0 Å². The molecule has 0 atom stereocenters. The standard InChI is InChI=1S/C14H15ClN2O/c1-3-13-11(9-17(2)16-13)14(18)8-10-6-4-5-7-12(10)15/h4-7,9H,3,8H2,1-2H3. The van der Waals surface area contributed by atoms with Crippen molar-refractivity contribution in [2.45, 2.75) is 19.8 Å². The number of hydrogen-bond acceptors (Lipinski definition) is 2. The summed E-state index contributed by atoms with van der Waals surface area (Å²) in [5.41, 5.74) is 2.39. The second-order valence-electron chi connectivity index (χ2n) is 4.21. The van der Waals surface area contributed by atoms with Crippen LogP contribution in [0.1, 0.15) is 28.5 Å². The summed E-state index contributed by atoms with van der Waals surface area (Å²) in [6, 6.07) is 7.42. The molecular weight excluding hydrogens is 248 g/mol. The van der Waals surface area contributed by atoms with Gasteiger partial charge < -0.3 is 0 Å². The molecule has 0 saturated heterocycles. The number of rotatable bonds is 4. The number of ketones is 1. The third-order valence-electron chi connectivity index (χ3n) is 2.85. The van der Waals surface area contributed by atoms with Gasteiger partial charge in [-0.1, -0.05) is 36.7 Å². The second-order valence-corrected chi connectivity index (χ2v) is 4.62. The lowest BCUT2D eigenvalue weighted by atomic mass is 10.0. The molecule has 2 rings (SSSR count). The minimum Gasteiger partial charge on any atom is -0.294 e. The molecule has 0 amide bonds. The van der Waals surface area contributed by atoms with Crippen LogP contribution in [0.2, 0.25) is 5.02 Å². The molecule has 0 aliphatic heterocycles. The van der Waals surface area contributed by atoms with Gasteiger partial charge in [0.1, 0.15) is 0 Å². The van der Waals surface area contributed by atoms with E-state index >= 15 is 0 Å². The summed E-state index contributed by atoms with van der Waals surface area (Å²) >= 11 is 6.06. The van der Waals surface area contributed by atoms with E-state index in [2.05, 4.69) is 5.10 Å². The van der Waals surface area contributed by atoms with Gasteiger partial charge in [-0.2, -0.15) is 5.10 Å². The summed E-state index contributed by atoms with van der Waals surface area (Å²) in [4.78, 5) is 12.2. The monoisotopic (exact) mass is 262 g/mol. The summed E-state index contributed by atoms with van der Waals surface area (Å²) in [6.45, 7) is 1.99. The van der Waals surface area contributed by atoms with Crippen molar-refractivity contribution in [1.29, 1.82) is 0 Å². The molecule has 0 spiro atoms. The zero-order valence-corrected chi connectivity index (χ0v) is 11.2. The Labute approximate surface area is 111 Å². The van der Waals surface area contributed by atoms with Crippen molar-refractivity contribution < 1.29 is 4.79 Å². The van der Waals surface area contributed by atoms with Crippen molar-refractivity contribution >= 4 is 17.4 Å². The Morgan fingerprint density at radius 2 is 2.11 bits per heavy atom. The fraction of sp³-hybridized carbons (Fsp3) is 0.286. The predicted octanol–water partition coefficient (Wildman–Crippen LogP) is 3.06. The van der Waals surface area contributed by atoms with Crippen LogP contribution in [0, 0.1) is 0 Å². The van der Waals surface area contributed by atoms with Crippen molar-refractivity contribution in [3.05, 3.63) is 52.3 Å². The number of aryl methyl sites for hydroxylation is 2. The average Bonchev–Trinajstić information content (AvgIpc) is 2.73. The van der Waals surface area contributed by atoms with Crippen LogP contribution in [0.25, 0.3) is 0 Å². The Balaban J connectivity index is 2.25.